The minimum absolute atomic E-state index is 0.0711. The summed E-state index contributed by atoms with van der Waals surface area (Å²) in [5.41, 5.74) is 1.08. The molecule has 2 rings (SSSR count). The lowest BCUT2D eigenvalue weighted by atomic mass is 10.2. The standard InChI is InChI=1S/C14H15NO3S/c1-3-15-12-6-5-11(18-2)8-10(12)4-7-13(15)19-9-14(16)17/h4-8H,3,9H2,1-2H3/p+1. The topological polar surface area (TPSA) is 50.4 Å². The van der Waals surface area contributed by atoms with Crippen LogP contribution in [0.1, 0.15) is 6.92 Å². The molecule has 0 atom stereocenters. The normalized spacial score (nSPS) is 10.6. The van der Waals surface area contributed by atoms with Crippen molar-refractivity contribution in [1.82, 2.24) is 0 Å². The third-order valence-corrected chi connectivity index (χ3v) is 3.90. The van der Waals surface area contributed by atoms with Crippen molar-refractivity contribution < 1.29 is 19.2 Å². The predicted octanol–water partition coefficient (Wildman–Crippen LogP) is 2.33. The van der Waals surface area contributed by atoms with Crippen molar-refractivity contribution in [2.45, 2.75) is 18.5 Å². The van der Waals surface area contributed by atoms with Gasteiger partial charge in [-0.3, -0.25) is 4.79 Å². The molecule has 0 aliphatic carbocycles. The lowest BCUT2D eigenvalue weighted by Crippen LogP contribution is -2.36. The first kappa shape index (κ1) is 13.7. The predicted molar refractivity (Wildman–Crippen MR) is 74.7 cm³/mol. The minimum Gasteiger partial charge on any atom is -0.497 e. The van der Waals surface area contributed by atoms with E-state index in [0.29, 0.717) is 0 Å². The van der Waals surface area contributed by atoms with Crippen molar-refractivity contribution in [3.05, 3.63) is 30.3 Å². The SMILES string of the molecule is CC[n+]1c(SCC(=O)O)ccc2cc(OC)ccc21. The fourth-order valence-corrected chi connectivity index (χ4v) is 2.82. The van der Waals surface area contributed by atoms with E-state index in [1.807, 2.05) is 30.3 Å². The van der Waals surface area contributed by atoms with Gasteiger partial charge in [-0.1, -0.05) is 0 Å². The average molecular weight is 278 g/mol. The van der Waals surface area contributed by atoms with Crippen molar-refractivity contribution in [2.75, 3.05) is 12.9 Å². The lowest BCUT2D eigenvalue weighted by Gasteiger charge is -2.06. The number of ether oxygens (including phenoxy) is 1. The quantitative estimate of drug-likeness (QED) is 0.673. The number of carboxylic acid groups (broad SMARTS) is 1. The van der Waals surface area contributed by atoms with Crippen LogP contribution in [0.5, 0.6) is 5.75 Å². The Morgan fingerprint density at radius 2 is 2.16 bits per heavy atom. The molecule has 0 aliphatic heterocycles. The summed E-state index contributed by atoms with van der Waals surface area (Å²) in [5.74, 6) is 0.0883. The van der Waals surface area contributed by atoms with Gasteiger partial charge in [-0.15, -0.1) is 0 Å². The van der Waals surface area contributed by atoms with Crippen molar-refractivity contribution in [2.24, 2.45) is 0 Å². The Morgan fingerprint density at radius 3 is 2.79 bits per heavy atom. The lowest BCUT2D eigenvalue weighted by molar-refractivity contribution is -0.704. The van der Waals surface area contributed by atoms with Gasteiger partial charge in [0, 0.05) is 12.1 Å². The highest BCUT2D eigenvalue weighted by molar-refractivity contribution is 7.99. The summed E-state index contributed by atoms with van der Waals surface area (Å²) in [5, 5.41) is 10.8. The Morgan fingerprint density at radius 1 is 1.37 bits per heavy atom. The van der Waals surface area contributed by atoms with E-state index in [1.54, 1.807) is 7.11 Å². The van der Waals surface area contributed by atoms with Crippen molar-refractivity contribution in [1.29, 1.82) is 0 Å². The Bertz CT molecular complexity index is 613. The monoisotopic (exact) mass is 278 g/mol. The van der Waals surface area contributed by atoms with Gasteiger partial charge < -0.3 is 9.84 Å². The zero-order valence-corrected chi connectivity index (χ0v) is 11.7. The number of nitrogens with zero attached hydrogens (tertiary/aromatic N) is 1. The van der Waals surface area contributed by atoms with Crippen LogP contribution in [0.25, 0.3) is 10.9 Å². The van der Waals surface area contributed by atoms with E-state index in [9.17, 15) is 4.79 Å². The number of aryl methyl sites for hydroxylation is 1. The van der Waals surface area contributed by atoms with Crippen molar-refractivity contribution in [3.8, 4) is 5.75 Å². The van der Waals surface area contributed by atoms with Crippen LogP contribution in [-0.4, -0.2) is 23.9 Å². The Balaban J connectivity index is 2.47. The van der Waals surface area contributed by atoms with Crippen LogP contribution >= 0.6 is 11.8 Å². The van der Waals surface area contributed by atoms with E-state index in [1.165, 1.54) is 11.8 Å². The molecular formula is C14H16NO3S+. The van der Waals surface area contributed by atoms with Crippen LogP contribution in [0.15, 0.2) is 35.4 Å². The van der Waals surface area contributed by atoms with Crippen LogP contribution in [0.3, 0.4) is 0 Å². The van der Waals surface area contributed by atoms with E-state index in [2.05, 4.69) is 11.5 Å². The van der Waals surface area contributed by atoms with Crippen molar-refractivity contribution >= 4 is 28.6 Å². The molecule has 1 aromatic carbocycles. The summed E-state index contributed by atoms with van der Waals surface area (Å²) in [7, 11) is 1.64. The van der Waals surface area contributed by atoms with E-state index in [-0.39, 0.29) is 5.75 Å². The number of methoxy groups -OCH3 is 1. The third-order valence-electron chi connectivity index (χ3n) is 2.86. The number of hydrogen-bond acceptors (Lipinski definition) is 3. The second kappa shape index (κ2) is 5.93. The van der Waals surface area contributed by atoms with Gasteiger partial charge in [0.05, 0.1) is 12.5 Å². The van der Waals surface area contributed by atoms with Gasteiger partial charge in [0.25, 0.3) is 0 Å². The molecule has 19 heavy (non-hydrogen) atoms. The summed E-state index contributed by atoms with van der Waals surface area (Å²) < 4.78 is 7.33. The molecule has 4 nitrogen and oxygen atoms in total. The van der Waals surface area contributed by atoms with Gasteiger partial charge in [-0.25, -0.2) is 0 Å². The molecule has 0 saturated heterocycles. The van der Waals surface area contributed by atoms with Crippen LogP contribution in [-0.2, 0) is 11.3 Å². The number of rotatable bonds is 5. The molecule has 0 aliphatic rings. The highest BCUT2D eigenvalue weighted by Crippen LogP contribution is 2.22. The number of fused-ring (bicyclic) bond motifs is 1. The number of thioether (sulfide) groups is 1. The summed E-state index contributed by atoms with van der Waals surface area (Å²) >= 11 is 1.34. The fourth-order valence-electron chi connectivity index (χ4n) is 2.00. The van der Waals surface area contributed by atoms with Crippen molar-refractivity contribution in [3.63, 3.8) is 0 Å². The molecule has 1 aromatic heterocycles. The van der Waals surface area contributed by atoms with Gasteiger partial charge in [0.2, 0.25) is 10.5 Å². The third kappa shape index (κ3) is 2.98. The highest BCUT2D eigenvalue weighted by atomic mass is 32.2. The minimum atomic E-state index is -0.803. The average Bonchev–Trinajstić information content (AvgIpc) is 2.43. The first-order valence-electron chi connectivity index (χ1n) is 6.01. The Kier molecular flexibility index (Phi) is 4.27. The van der Waals surface area contributed by atoms with E-state index in [0.717, 1.165) is 28.2 Å². The number of pyridine rings is 1. The maximum absolute atomic E-state index is 10.7. The molecule has 0 radical (unpaired) electrons. The summed E-state index contributed by atoms with van der Waals surface area (Å²) in [6.07, 6.45) is 0. The van der Waals surface area contributed by atoms with Crippen LogP contribution in [0.2, 0.25) is 0 Å². The largest absolute Gasteiger partial charge is 0.497 e. The van der Waals surface area contributed by atoms with Gasteiger partial charge in [0.15, 0.2) is 0 Å². The molecule has 2 aromatic rings. The van der Waals surface area contributed by atoms with Crippen LogP contribution in [0.4, 0.5) is 0 Å². The maximum atomic E-state index is 10.7. The van der Waals surface area contributed by atoms with Crippen LogP contribution < -0.4 is 9.30 Å². The molecule has 100 valence electrons. The second-order valence-corrected chi connectivity index (χ2v) is 5.02. The number of aliphatic carboxylic acids is 1. The van der Waals surface area contributed by atoms with Crippen LogP contribution in [0, 0.1) is 0 Å². The van der Waals surface area contributed by atoms with Gasteiger partial charge in [-0.2, -0.15) is 4.57 Å². The summed E-state index contributed by atoms with van der Waals surface area (Å²) in [6, 6.07) is 9.85. The number of carbonyl (C=O) groups is 1. The molecule has 0 bridgehead atoms. The smallest absolute Gasteiger partial charge is 0.314 e. The van der Waals surface area contributed by atoms with Gasteiger partial charge in [-0.05, 0) is 36.9 Å². The number of benzene rings is 1. The molecule has 0 fully saturated rings. The number of carboxylic acids is 1. The molecule has 0 spiro atoms. The highest BCUT2D eigenvalue weighted by Gasteiger charge is 2.16. The maximum Gasteiger partial charge on any atom is 0.314 e. The van der Waals surface area contributed by atoms with Gasteiger partial charge in [0.1, 0.15) is 18.0 Å². The molecular weight excluding hydrogens is 262 g/mol. The van der Waals surface area contributed by atoms with E-state index in [4.69, 9.17) is 9.84 Å². The van der Waals surface area contributed by atoms with Gasteiger partial charge >= 0.3 is 5.97 Å². The van der Waals surface area contributed by atoms with E-state index < -0.39 is 5.97 Å². The number of aromatic nitrogens is 1. The Hall–Kier alpha value is -1.75. The molecule has 0 unspecified atom stereocenters. The molecule has 1 N–H and O–H groups in total. The van der Waals surface area contributed by atoms with E-state index >= 15 is 0 Å². The Labute approximate surface area is 116 Å². The summed E-state index contributed by atoms with van der Waals surface area (Å²) in [6.45, 7) is 2.85. The fraction of sp³-hybridized carbons (Fsp3) is 0.286. The zero-order chi connectivity index (χ0) is 13.8. The second-order valence-electron chi connectivity index (χ2n) is 4.02. The molecule has 0 saturated carbocycles. The zero-order valence-electron chi connectivity index (χ0n) is 10.9. The molecule has 5 heteroatoms. The first-order valence-corrected chi connectivity index (χ1v) is 6.99. The summed E-state index contributed by atoms with van der Waals surface area (Å²) in [4.78, 5) is 10.7. The molecule has 0 amide bonds. The molecule has 1 heterocycles. The number of hydrogen-bond donors (Lipinski definition) is 1. The first-order chi connectivity index (χ1) is 9.15.